The van der Waals surface area contributed by atoms with Gasteiger partial charge in [-0.1, -0.05) is 18.2 Å². The summed E-state index contributed by atoms with van der Waals surface area (Å²) in [4.78, 5) is 2.45. The van der Waals surface area contributed by atoms with Crippen molar-refractivity contribution in [2.45, 2.75) is 25.8 Å². The number of benzene rings is 1. The van der Waals surface area contributed by atoms with Crippen molar-refractivity contribution in [1.82, 2.24) is 10.2 Å². The Labute approximate surface area is 125 Å². The van der Waals surface area contributed by atoms with E-state index in [9.17, 15) is 0 Å². The number of thiophene rings is 1. The highest BCUT2D eigenvalue weighted by Gasteiger charge is 2.15. The summed E-state index contributed by atoms with van der Waals surface area (Å²) in [5, 5.41) is 7.35. The number of hydrogen-bond donors (Lipinski definition) is 1. The first-order chi connectivity index (χ1) is 9.83. The molecule has 0 saturated carbocycles. The number of likely N-dealkylation sites (tertiary alicyclic amines) is 1. The van der Waals surface area contributed by atoms with Crippen molar-refractivity contribution in [3.63, 3.8) is 0 Å². The molecule has 1 aliphatic rings. The number of hydrogen-bond acceptors (Lipinski definition) is 3. The highest BCUT2D eigenvalue weighted by molar-refractivity contribution is 7.17. The second kappa shape index (κ2) is 6.70. The van der Waals surface area contributed by atoms with E-state index in [0.717, 1.165) is 19.0 Å². The molecular formula is C17H24N2S. The summed E-state index contributed by atoms with van der Waals surface area (Å²) < 4.78 is 1.40. The van der Waals surface area contributed by atoms with Gasteiger partial charge in [-0.05, 0) is 74.3 Å². The second-order valence-electron chi connectivity index (χ2n) is 5.97. The van der Waals surface area contributed by atoms with Gasteiger partial charge in [-0.25, -0.2) is 0 Å². The van der Waals surface area contributed by atoms with Gasteiger partial charge in [0.25, 0.3) is 0 Å². The molecule has 1 aromatic carbocycles. The molecule has 1 aromatic heterocycles. The quantitative estimate of drug-likeness (QED) is 0.844. The van der Waals surface area contributed by atoms with Gasteiger partial charge in [0.1, 0.15) is 0 Å². The topological polar surface area (TPSA) is 15.3 Å². The van der Waals surface area contributed by atoms with Crippen LogP contribution in [0, 0.1) is 5.92 Å². The fraction of sp³-hybridized carbons (Fsp3) is 0.529. The molecule has 2 aromatic rings. The summed E-state index contributed by atoms with van der Waals surface area (Å²) in [7, 11) is 2.23. The van der Waals surface area contributed by atoms with Gasteiger partial charge in [-0.2, -0.15) is 0 Å². The molecule has 1 aliphatic heterocycles. The first-order valence-electron chi connectivity index (χ1n) is 7.67. The first-order valence-corrected chi connectivity index (χ1v) is 8.55. The van der Waals surface area contributed by atoms with Gasteiger partial charge in [-0.15, -0.1) is 11.3 Å². The summed E-state index contributed by atoms with van der Waals surface area (Å²) in [5.41, 5.74) is 1.45. The van der Waals surface area contributed by atoms with Crippen LogP contribution in [0.1, 0.15) is 24.8 Å². The van der Waals surface area contributed by atoms with E-state index in [1.165, 1.54) is 48.0 Å². The molecule has 1 saturated heterocycles. The average molecular weight is 288 g/mol. The van der Waals surface area contributed by atoms with Gasteiger partial charge in [0, 0.05) is 11.2 Å². The Morgan fingerprint density at radius 1 is 1.25 bits per heavy atom. The van der Waals surface area contributed by atoms with Crippen LogP contribution in [0.4, 0.5) is 0 Å². The summed E-state index contributed by atoms with van der Waals surface area (Å²) in [6.07, 6.45) is 4.08. The van der Waals surface area contributed by atoms with Gasteiger partial charge in [-0.3, -0.25) is 0 Å². The molecule has 0 unspecified atom stereocenters. The fourth-order valence-electron chi connectivity index (χ4n) is 3.05. The van der Waals surface area contributed by atoms with Crippen LogP contribution in [0.15, 0.2) is 29.6 Å². The van der Waals surface area contributed by atoms with E-state index in [4.69, 9.17) is 0 Å². The lowest BCUT2D eigenvalue weighted by molar-refractivity contribution is 0.211. The number of nitrogens with one attached hydrogen (secondary N) is 1. The predicted molar refractivity (Wildman–Crippen MR) is 88.4 cm³/mol. The Morgan fingerprint density at radius 3 is 2.90 bits per heavy atom. The first kappa shape index (κ1) is 14.1. The zero-order chi connectivity index (χ0) is 13.8. The lowest BCUT2D eigenvalue weighted by atomic mass is 9.94. The van der Waals surface area contributed by atoms with Crippen LogP contribution in [0.5, 0.6) is 0 Å². The van der Waals surface area contributed by atoms with Crippen molar-refractivity contribution in [2.24, 2.45) is 5.92 Å². The van der Waals surface area contributed by atoms with E-state index in [-0.39, 0.29) is 0 Å². The van der Waals surface area contributed by atoms with E-state index < -0.39 is 0 Å². The minimum Gasteiger partial charge on any atom is -0.313 e. The van der Waals surface area contributed by atoms with Crippen LogP contribution < -0.4 is 5.32 Å². The van der Waals surface area contributed by atoms with E-state index >= 15 is 0 Å². The van der Waals surface area contributed by atoms with Gasteiger partial charge in [0.15, 0.2) is 0 Å². The lowest BCUT2D eigenvalue weighted by Gasteiger charge is -2.28. The third-order valence-corrected chi connectivity index (χ3v) is 5.46. The fourth-order valence-corrected chi connectivity index (χ4v) is 4.01. The zero-order valence-corrected chi connectivity index (χ0v) is 13.1. The Balaban J connectivity index is 1.44. The lowest BCUT2D eigenvalue weighted by Crippen LogP contribution is -2.31. The molecule has 0 radical (unpaired) electrons. The van der Waals surface area contributed by atoms with Crippen LogP contribution in [0.2, 0.25) is 0 Å². The molecule has 108 valence electrons. The van der Waals surface area contributed by atoms with Gasteiger partial charge in [0.05, 0.1) is 0 Å². The average Bonchev–Trinajstić information content (AvgIpc) is 2.89. The molecule has 1 N–H and O–H groups in total. The molecule has 3 rings (SSSR count). The molecule has 0 aliphatic carbocycles. The number of piperidine rings is 1. The predicted octanol–water partition coefficient (Wildman–Crippen LogP) is 3.72. The molecule has 0 atom stereocenters. The molecule has 2 nitrogen and oxygen atoms in total. The third-order valence-electron chi connectivity index (χ3n) is 4.44. The minimum absolute atomic E-state index is 0.929. The minimum atomic E-state index is 0.929. The van der Waals surface area contributed by atoms with Gasteiger partial charge < -0.3 is 10.2 Å². The highest BCUT2D eigenvalue weighted by Crippen LogP contribution is 2.25. The third kappa shape index (κ3) is 3.40. The number of rotatable bonds is 5. The number of fused-ring (bicyclic) bond motifs is 1. The summed E-state index contributed by atoms with van der Waals surface area (Å²) in [5.74, 6) is 0.929. The van der Waals surface area contributed by atoms with E-state index in [1.54, 1.807) is 0 Å². The van der Waals surface area contributed by atoms with Crippen molar-refractivity contribution in [2.75, 3.05) is 26.7 Å². The summed E-state index contributed by atoms with van der Waals surface area (Å²) in [6, 6.07) is 8.70. The Morgan fingerprint density at radius 2 is 2.05 bits per heavy atom. The van der Waals surface area contributed by atoms with Gasteiger partial charge >= 0.3 is 0 Å². The molecule has 0 amide bonds. The SMILES string of the molecule is CN1CCC(CCNCc2csc3ccccc23)CC1. The Hall–Kier alpha value is -0.900. The standard InChI is InChI=1S/C17H24N2S/c1-19-10-7-14(8-11-19)6-9-18-12-15-13-20-17-5-3-2-4-16(15)17/h2-5,13-14,18H,6-12H2,1H3. The van der Waals surface area contributed by atoms with Crippen LogP contribution in [-0.4, -0.2) is 31.6 Å². The maximum Gasteiger partial charge on any atom is 0.0346 e. The van der Waals surface area contributed by atoms with Crippen LogP contribution in [-0.2, 0) is 6.54 Å². The van der Waals surface area contributed by atoms with Crippen molar-refractivity contribution in [3.05, 3.63) is 35.2 Å². The van der Waals surface area contributed by atoms with Crippen LogP contribution in [0.25, 0.3) is 10.1 Å². The van der Waals surface area contributed by atoms with E-state index in [0.29, 0.717) is 0 Å². The summed E-state index contributed by atoms with van der Waals surface area (Å²) in [6.45, 7) is 4.72. The molecule has 2 heterocycles. The molecular weight excluding hydrogens is 264 g/mol. The van der Waals surface area contributed by atoms with Gasteiger partial charge in [0.2, 0.25) is 0 Å². The normalized spacial score (nSPS) is 17.9. The van der Waals surface area contributed by atoms with E-state index in [1.807, 2.05) is 11.3 Å². The maximum absolute atomic E-state index is 3.63. The van der Waals surface area contributed by atoms with Crippen molar-refractivity contribution in [3.8, 4) is 0 Å². The maximum atomic E-state index is 3.63. The molecule has 3 heteroatoms. The largest absolute Gasteiger partial charge is 0.313 e. The van der Waals surface area contributed by atoms with Crippen LogP contribution in [0.3, 0.4) is 0 Å². The molecule has 20 heavy (non-hydrogen) atoms. The number of nitrogens with zero attached hydrogens (tertiary/aromatic N) is 1. The van der Waals surface area contributed by atoms with Crippen molar-refractivity contribution in [1.29, 1.82) is 0 Å². The van der Waals surface area contributed by atoms with Crippen molar-refractivity contribution < 1.29 is 0 Å². The molecule has 1 fully saturated rings. The van der Waals surface area contributed by atoms with Crippen LogP contribution >= 0.6 is 11.3 Å². The molecule has 0 bridgehead atoms. The zero-order valence-electron chi connectivity index (χ0n) is 12.3. The van der Waals surface area contributed by atoms with E-state index in [2.05, 4.69) is 46.9 Å². The van der Waals surface area contributed by atoms with Crippen molar-refractivity contribution >= 4 is 21.4 Å². The summed E-state index contributed by atoms with van der Waals surface area (Å²) >= 11 is 1.85. The monoisotopic (exact) mass is 288 g/mol. The molecule has 0 spiro atoms. The Bertz CT molecular complexity index is 541. The second-order valence-corrected chi connectivity index (χ2v) is 6.88. The Kier molecular flexibility index (Phi) is 4.71. The highest BCUT2D eigenvalue weighted by atomic mass is 32.1. The smallest absolute Gasteiger partial charge is 0.0346 e.